The summed E-state index contributed by atoms with van der Waals surface area (Å²) in [6.07, 6.45) is 3.09. The van der Waals surface area contributed by atoms with Crippen molar-refractivity contribution >= 4 is 29.1 Å². The molecule has 0 radical (unpaired) electrons. The van der Waals surface area contributed by atoms with E-state index in [1.54, 1.807) is 23.5 Å². The number of carbonyl (C=O) groups excluding carboxylic acids is 3. The van der Waals surface area contributed by atoms with Gasteiger partial charge in [0.2, 0.25) is 5.91 Å². The lowest BCUT2D eigenvalue weighted by Gasteiger charge is -2.32. The molecule has 2 aliphatic rings. The maximum absolute atomic E-state index is 12.5. The van der Waals surface area contributed by atoms with Crippen molar-refractivity contribution in [2.24, 2.45) is 5.92 Å². The van der Waals surface area contributed by atoms with Crippen LogP contribution in [0.1, 0.15) is 56.8 Å². The molecule has 1 atom stereocenters. The number of carbonyl (C=O) groups is 3. The van der Waals surface area contributed by atoms with E-state index in [0.717, 1.165) is 38.0 Å². The highest BCUT2D eigenvalue weighted by Gasteiger charge is 2.35. The van der Waals surface area contributed by atoms with Gasteiger partial charge in [0.15, 0.2) is 0 Å². The topological polar surface area (TPSA) is 69.7 Å². The summed E-state index contributed by atoms with van der Waals surface area (Å²) < 4.78 is 0. The number of fused-ring (bicyclic) bond motifs is 1. The molecule has 0 bridgehead atoms. The number of thiophene rings is 1. The Morgan fingerprint density at radius 2 is 2.03 bits per heavy atom. The Balaban J connectivity index is 1.18. The third kappa shape index (κ3) is 5.22. The number of hydrogen-bond acceptors (Lipinski definition) is 5. The summed E-state index contributed by atoms with van der Waals surface area (Å²) >= 11 is 1.79. The van der Waals surface area contributed by atoms with Crippen molar-refractivity contribution in [1.82, 2.24) is 15.1 Å². The summed E-state index contributed by atoms with van der Waals surface area (Å²) in [7, 11) is 0. The van der Waals surface area contributed by atoms with Gasteiger partial charge in [0.25, 0.3) is 11.8 Å². The molecule has 2 aliphatic heterocycles. The normalized spacial score (nSPS) is 19.0. The summed E-state index contributed by atoms with van der Waals surface area (Å²) in [4.78, 5) is 42.4. The lowest BCUT2D eigenvalue weighted by Crippen LogP contribution is -2.40. The van der Waals surface area contributed by atoms with E-state index in [0.29, 0.717) is 36.4 Å². The maximum atomic E-state index is 12.5. The van der Waals surface area contributed by atoms with Gasteiger partial charge in [0.1, 0.15) is 0 Å². The highest BCUT2D eigenvalue weighted by atomic mass is 32.1. The van der Waals surface area contributed by atoms with Crippen molar-refractivity contribution in [2.75, 3.05) is 26.2 Å². The Kier molecular flexibility index (Phi) is 6.83. The fourth-order valence-electron chi connectivity index (χ4n) is 4.44. The molecule has 7 heteroatoms. The largest absolute Gasteiger partial charge is 0.356 e. The molecule has 1 fully saturated rings. The van der Waals surface area contributed by atoms with Crippen LogP contribution in [0.2, 0.25) is 0 Å². The number of imide groups is 1. The fourth-order valence-corrected chi connectivity index (χ4v) is 5.18. The van der Waals surface area contributed by atoms with E-state index in [1.807, 2.05) is 13.0 Å². The SMILES string of the molecule is Cc1ccc2c(c1)C(=O)N(CCCC(=O)NCC1CCCN(Cc3cccs3)C1)C2=O. The first-order valence-corrected chi connectivity index (χ1v) is 11.9. The van der Waals surface area contributed by atoms with Gasteiger partial charge in [-0.3, -0.25) is 24.2 Å². The van der Waals surface area contributed by atoms with Crippen molar-refractivity contribution in [3.63, 3.8) is 0 Å². The van der Waals surface area contributed by atoms with Gasteiger partial charge in [0, 0.05) is 37.5 Å². The van der Waals surface area contributed by atoms with E-state index in [2.05, 4.69) is 27.7 Å². The summed E-state index contributed by atoms with van der Waals surface area (Å²) in [6, 6.07) is 9.57. The zero-order valence-corrected chi connectivity index (χ0v) is 18.7. The predicted octanol–water partition coefficient (Wildman–Crippen LogP) is 3.46. The van der Waals surface area contributed by atoms with Crippen LogP contribution in [-0.2, 0) is 11.3 Å². The molecule has 1 saturated heterocycles. The summed E-state index contributed by atoms with van der Waals surface area (Å²) in [5, 5.41) is 5.16. The van der Waals surface area contributed by atoms with Crippen LogP contribution in [-0.4, -0.2) is 53.7 Å². The molecule has 3 amide bonds. The van der Waals surface area contributed by atoms with Gasteiger partial charge in [-0.25, -0.2) is 0 Å². The third-order valence-electron chi connectivity index (χ3n) is 6.06. The number of amides is 3. The first kappa shape index (κ1) is 21.7. The molecule has 3 heterocycles. The van der Waals surface area contributed by atoms with Crippen LogP contribution in [0.15, 0.2) is 35.7 Å². The van der Waals surface area contributed by atoms with Crippen molar-refractivity contribution in [3.8, 4) is 0 Å². The minimum atomic E-state index is -0.256. The molecule has 31 heavy (non-hydrogen) atoms. The first-order valence-electron chi connectivity index (χ1n) is 11.0. The number of hydrogen-bond donors (Lipinski definition) is 1. The summed E-state index contributed by atoms with van der Waals surface area (Å²) in [6.45, 7) is 5.97. The van der Waals surface area contributed by atoms with Crippen LogP contribution in [0.5, 0.6) is 0 Å². The molecule has 1 unspecified atom stereocenters. The molecular formula is C24H29N3O3S. The summed E-state index contributed by atoms with van der Waals surface area (Å²) in [5.41, 5.74) is 1.89. The Hall–Kier alpha value is -2.51. The Labute approximate surface area is 187 Å². The Morgan fingerprint density at radius 1 is 1.19 bits per heavy atom. The van der Waals surface area contributed by atoms with Gasteiger partial charge in [-0.15, -0.1) is 11.3 Å². The molecule has 6 nitrogen and oxygen atoms in total. The second-order valence-corrected chi connectivity index (χ2v) is 9.57. The van der Waals surface area contributed by atoms with E-state index in [4.69, 9.17) is 0 Å². The van der Waals surface area contributed by atoms with Gasteiger partial charge in [0.05, 0.1) is 11.1 Å². The monoisotopic (exact) mass is 439 g/mol. The highest BCUT2D eigenvalue weighted by Crippen LogP contribution is 2.24. The minimum Gasteiger partial charge on any atom is -0.356 e. The number of benzene rings is 1. The van der Waals surface area contributed by atoms with Crippen LogP contribution in [0.3, 0.4) is 0 Å². The van der Waals surface area contributed by atoms with Gasteiger partial charge in [-0.05, 0) is 62.2 Å². The lowest BCUT2D eigenvalue weighted by atomic mass is 9.98. The number of nitrogens with zero attached hydrogens (tertiary/aromatic N) is 2. The predicted molar refractivity (Wildman–Crippen MR) is 121 cm³/mol. The second-order valence-electron chi connectivity index (χ2n) is 8.54. The smallest absolute Gasteiger partial charge is 0.261 e. The Bertz CT molecular complexity index is 957. The second kappa shape index (κ2) is 9.75. The summed E-state index contributed by atoms with van der Waals surface area (Å²) in [5.74, 6) is -0.0504. The van der Waals surface area contributed by atoms with E-state index in [1.165, 1.54) is 9.78 Å². The third-order valence-corrected chi connectivity index (χ3v) is 6.92. The number of rotatable bonds is 8. The standard InChI is InChI=1S/C24H29N3O3S/c1-17-8-9-20-21(13-17)24(30)27(23(20)29)11-3-7-22(28)25-14-18-5-2-10-26(15-18)16-19-6-4-12-31-19/h4,6,8-9,12-13,18H,2-3,5,7,10-11,14-16H2,1H3,(H,25,28). The molecule has 164 valence electrons. The van der Waals surface area contributed by atoms with E-state index in [9.17, 15) is 14.4 Å². The van der Waals surface area contributed by atoms with Crippen molar-refractivity contribution in [3.05, 3.63) is 57.3 Å². The number of aryl methyl sites for hydroxylation is 1. The zero-order valence-electron chi connectivity index (χ0n) is 17.9. The first-order chi connectivity index (χ1) is 15.0. The minimum absolute atomic E-state index is 0.0113. The fraction of sp³-hybridized carbons (Fsp3) is 0.458. The highest BCUT2D eigenvalue weighted by molar-refractivity contribution is 7.09. The number of likely N-dealkylation sites (tertiary alicyclic amines) is 1. The number of piperidine rings is 1. The average Bonchev–Trinajstić information content (AvgIpc) is 3.35. The van der Waals surface area contributed by atoms with Crippen LogP contribution >= 0.6 is 11.3 Å². The molecule has 0 saturated carbocycles. The molecule has 1 aromatic carbocycles. The number of nitrogens with one attached hydrogen (secondary N) is 1. The van der Waals surface area contributed by atoms with Gasteiger partial charge >= 0.3 is 0 Å². The van der Waals surface area contributed by atoms with E-state index in [-0.39, 0.29) is 24.3 Å². The van der Waals surface area contributed by atoms with Crippen molar-refractivity contribution in [2.45, 2.75) is 39.2 Å². The van der Waals surface area contributed by atoms with Crippen LogP contribution in [0.4, 0.5) is 0 Å². The molecule has 0 spiro atoms. The van der Waals surface area contributed by atoms with Crippen LogP contribution in [0, 0.1) is 12.8 Å². The average molecular weight is 440 g/mol. The van der Waals surface area contributed by atoms with Crippen molar-refractivity contribution in [1.29, 1.82) is 0 Å². The van der Waals surface area contributed by atoms with E-state index < -0.39 is 0 Å². The maximum Gasteiger partial charge on any atom is 0.261 e. The van der Waals surface area contributed by atoms with E-state index >= 15 is 0 Å². The zero-order chi connectivity index (χ0) is 21.8. The molecule has 2 aromatic rings. The van der Waals surface area contributed by atoms with Crippen molar-refractivity contribution < 1.29 is 14.4 Å². The molecule has 4 rings (SSSR count). The van der Waals surface area contributed by atoms with Gasteiger partial charge < -0.3 is 5.32 Å². The van der Waals surface area contributed by atoms with Gasteiger partial charge in [-0.1, -0.05) is 17.7 Å². The lowest BCUT2D eigenvalue weighted by molar-refractivity contribution is -0.121. The Morgan fingerprint density at radius 3 is 2.84 bits per heavy atom. The molecular weight excluding hydrogens is 410 g/mol. The van der Waals surface area contributed by atoms with Gasteiger partial charge in [-0.2, -0.15) is 0 Å². The van der Waals surface area contributed by atoms with Crippen LogP contribution in [0.25, 0.3) is 0 Å². The quantitative estimate of drug-likeness (QED) is 0.640. The molecule has 1 N–H and O–H groups in total. The molecule has 0 aliphatic carbocycles. The molecule has 1 aromatic heterocycles. The van der Waals surface area contributed by atoms with Crippen LogP contribution < -0.4 is 5.32 Å².